The molecule has 1 aromatic carbocycles. The van der Waals surface area contributed by atoms with Crippen molar-refractivity contribution in [2.75, 3.05) is 6.54 Å². The Morgan fingerprint density at radius 2 is 1.85 bits per heavy atom. The molecule has 26 heavy (non-hydrogen) atoms. The van der Waals surface area contributed by atoms with Crippen molar-refractivity contribution in [3.63, 3.8) is 0 Å². The smallest absolute Gasteiger partial charge is 0.306 e. The zero-order valence-corrected chi connectivity index (χ0v) is 15.9. The molecule has 0 aliphatic heterocycles. The van der Waals surface area contributed by atoms with Crippen LogP contribution in [0.25, 0.3) is 0 Å². The van der Waals surface area contributed by atoms with Crippen LogP contribution < -0.4 is 0 Å². The van der Waals surface area contributed by atoms with Crippen molar-refractivity contribution in [3.05, 3.63) is 57.8 Å². The highest BCUT2D eigenvalue weighted by atomic mass is 32.1. The van der Waals surface area contributed by atoms with E-state index in [1.807, 2.05) is 23.1 Å². The molecule has 0 bridgehead atoms. The summed E-state index contributed by atoms with van der Waals surface area (Å²) in [6.07, 6.45) is 2.57. The highest BCUT2D eigenvalue weighted by molar-refractivity contribution is 7.11. The lowest BCUT2D eigenvalue weighted by atomic mass is 10.0. The predicted octanol–water partition coefficient (Wildman–Crippen LogP) is 4.13. The van der Waals surface area contributed by atoms with Gasteiger partial charge >= 0.3 is 5.97 Å². The molecular formula is C21H25NO3S. The first-order chi connectivity index (χ1) is 12.5. The van der Waals surface area contributed by atoms with E-state index in [0.29, 0.717) is 32.4 Å². The predicted molar refractivity (Wildman–Crippen MR) is 103 cm³/mol. The highest BCUT2D eigenvalue weighted by Crippen LogP contribution is 2.33. The van der Waals surface area contributed by atoms with Gasteiger partial charge < -0.3 is 10.0 Å². The minimum atomic E-state index is -0.773. The van der Waals surface area contributed by atoms with E-state index in [9.17, 15) is 14.7 Å². The summed E-state index contributed by atoms with van der Waals surface area (Å²) in [6.45, 7) is 3.34. The van der Waals surface area contributed by atoms with Crippen LogP contribution in [0.1, 0.15) is 34.6 Å². The van der Waals surface area contributed by atoms with Gasteiger partial charge in [0.05, 0.1) is 12.5 Å². The van der Waals surface area contributed by atoms with Crippen molar-refractivity contribution in [1.29, 1.82) is 0 Å². The number of amides is 1. The van der Waals surface area contributed by atoms with Crippen molar-refractivity contribution in [1.82, 2.24) is 4.90 Å². The van der Waals surface area contributed by atoms with Crippen LogP contribution in [0, 0.1) is 18.8 Å². The highest BCUT2D eigenvalue weighted by Gasteiger charge is 2.35. The third-order valence-corrected chi connectivity index (χ3v) is 6.08. The fraction of sp³-hybridized carbons (Fsp3) is 0.429. The van der Waals surface area contributed by atoms with Crippen LogP contribution in [-0.2, 0) is 22.6 Å². The Labute approximate surface area is 158 Å². The van der Waals surface area contributed by atoms with Gasteiger partial charge in [-0.15, -0.1) is 11.3 Å². The van der Waals surface area contributed by atoms with Gasteiger partial charge in [0.25, 0.3) is 0 Å². The fourth-order valence-corrected chi connectivity index (χ4v) is 4.53. The van der Waals surface area contributed by atoms with E-state index in [1.165, 1.54) is 15.3 Å². The lowest BCUT2D eigenvalue weighted by Gasteiger charge is -2.25. The summed E-state index contributed by atoms with van der Waals surface area (Å²) in [5.41, 5.74) is 1.21. The number of carbonyl (C=O) groups is 2. The van der Waals surface area contributed by atoms with Crippen molar-refractivity contribution < 1.29 is 14.7 Å². The lowest BCUT2D eigenvalue weighted by Crippen LogP contribution is -2.36. The maximum absolute atomic E-state index is 13.1. The van der Waals surface area contributed by atoms with Gasteiger partial charge in [-0.3, -0.25) is 9.59 Å². The summed E-state index contributed by atoms with van der Waals surface area (Å²) in [6, 6.07) is 14.3. The number of carbonyl (C=O) groups excluding carboxylic acids is 1. The molecular weight excluding hydrogens is 346 g/mol. The van der Waals surface area contributed by atoms with Gasteiger partial charge in [0.1, 0.15) is 0 Å². The van der Waals surface area contributed by atoms with Crippen LogP contribution in [0.15, 0.2) is 42.5 Å². The summed E-state index contributed by atoms with van der Waals surface area (Å²) in [5, 5.41) is 9.22. The van der Waals surface area contributed by atoms with E-state index in [0.717, 1.165) is 6.42 Å². The molecule has 0 saturated heterocycles. The third-order valence-electron chi connectivity index (χ3n) is 5.10. The van der Waals surface area contributed by atoms with Crippen LogP contribution in [0.3, 0.4) is 0 Å². The number of carboxylic acid groups (broad SMARTS) is 1. The van der Waals surface area contributed by atoms with E-state index in [1.54, 1.807) is 11.3 Å². The number of aliphatic carboxylic acids is 1. The molecule has 1 amide bonds. The average Bonchev–Trinajstić information content (AvgIpc) is 3.28. The number of benzene rings is 1. The van der Waals surface area contributed by atoms with Gasteiger partial charge in [-0.1, -0.05) is 30.3 Å². The van der Waals surface area contributed by atoms with E-state index in [2.05, 4.69) is 31.2 Å². The first kappa shape index (κ1) is 18.6. The molecule has 1 heterocycles. The van der Waals surface area contributed by atoms with Crippen molar-refractivity contribution in [2.24, 2.45) is 11.8 Å². The van der Waals surface area contributed by atoms with Gasteiger partial charge in [-0.25, -0.2) is 0 Å². The van der Waals surface area contributed by atoms with Crippen molar-refractivity contribution >= 4 is 23.2 Å². The van der Waals surface area contributed by atoms with Gasteiger partial charge in [-0.2, -0.15) is 0 Å². The molecule has 1 aliphatic rings. The molecule has 2 atom stereocenters. The quantitative estimate of drug-likeness (QED) is 0.796. The molecule has 0 radical (unpaired) electrons. The normalized spacial score (nSPS) is 19.4. The first-order valence-corrected chi connectivity index (χ1v) is 9.95. The second-order valence-corrected chi connectivity index (χ2v) is 8.43. The second-order valence-electron chi connectivity index (χ2n) is 7.05. The summed E-state index contributed by atoms with van der Waals surface area (Å²) in [4.78, 5) is 28.6. The Hall–Kier alpha value is -2.14. The summed E-state index contributed by atoms with van der Waals surface area (Å²) < 4.78 is 0. The minimum absolute atomic E-state index is 0.107. The number of hydrogen-bond donors (Lipinski definition) is 1. The van der Waals surface area contributed by atoms with Crippen LogP contribution in [0.4, 0.5) is 0 Å². The second kappa shape index (κ2) is 8.49. The van der Waals surface area contributed by atoms with Crippen molar-refractivity contribution in [3.8, 4) is 0 Å². The topological polar surface area (TPSA) is 57.6 Å². The number of thiophene rings is 1. The van der Waals surface area contributed by atoms with Gasteiger partial charge in [-0.05, 0) is 50.3 Å². The van der Waals surface area contributed by atoms with Crippen molar-refractivity contribution in [2.45, 2.75) is 39.2 Å². The number of hydrogen-bond acceptors (Lipinski definition) is 3. The molecule has 2 aromatic rings. The molecule has 1 saturated carbocycles. The molecule has 5 heteroatoms. The first-order valence-electron chi connectivity index (χ1n) is 9.13. The zero-order chi connectivity index (χ0) is 18.5. The standard InChI is InChI=1S/C21H25NO3S/c1-15-7-10-19(26-15)14-22(12-11-16-5-3-2-4-6-16)20(23)17-8-9-18(13-17)21(24)25/h2-7,10,17-18H,8-9,11-14H2,1H3,(H,24,25)/t17-,18+/m1/s1. The van der Waals surface area contributed by atoms with Gasteiger partial charge in [0.2, 0.25) is 5.91 Å². The Balaban J connectivity index is 1.69. The Kier molecular flexibility index (Phi) is 6.09. The van der Waals surface area contributed by atoms with Crippen LogP contribution in [0.2, 0.25) is 0 Å². The van der Waals surface area contributed by atoms with Crippen LogP contribution in [0.5, 0.6) is 0 Å². The van der Waals surface area contributed by atoms with E-state index in [4.69, 9.17) is 0 Å². The van der Waals surface area contributed by atoms with E-state index < -0.39 is 5.97 Å². The number of carboxylic acids is 1. The molecule has 0 unspecified atom stereocenters. The minimum Gasteiger partial charge on any atom is -0.481 e. The van der Waals surface area contributed by atoms with Gasteiger partial charge in [0.15, 0.2) is 0 Å². The molecule has 0 spiro atoms. The summed E-state index contributed by atoms with van der Waals surface area (Å²) in [5.74, 6) is -1.20. The van der Waals surface area contributed by atoms with Crippen LogP contribution in [-0.4, -0.2) is 28.4 Å². The summed E-state index contributed by atoms with van der Waals surface area (Å²) in [7, 11) is 0. The number of rotatable bonds is 7. The lowest BCUT2D eigenvalue weighted by molar-refractivity contribution is -0.141. The molecule has 1 aromatic heterocycles. The fourth-order valence-electron chi connectivity index (χ4n) is 3.62. The molecule has 1 fully saturated rings. The monoisotopic (exact) mass is 371 g/mol. The largest absolute Gasteiger partial charge is 0.481 e. The molecule has 1 aliphatic carbocycles. The average molecular weight is 372 g/mol. The van der Waals surface area contributed by atoms with E-state index >= 15 is 0 Å². The van der Waals surface area contributed by atoms with Gasteiger partial charge in [0, 0.05) is 22.2 Å². The SMILES string of the molecule is Cc1ccc(CN(CCc2ccccc2)C(=O)[C@@H]2CC[C@H](C(=O)O)C2)s1. The molecule has 3 rings (SSSR count). The zero-order valence-electron chi connectivity index (χ0n) is 15.1. The van der Waals surface area contributed by atoms with Crippen LogP contribution >= 0.6 is 11.3 Å². The summed E-state index contributed by atoms with van der Waals surface area (Å²) >= 11 is 1.72. The maximum atomic E-state index is 13.1. The Morgan fingerprint density at radius 1 is 1.12 bits per heavy atom. The molecule has 4 nitrogen and oxygen atoms in total. The third kappa shape index (κ3) is 4.73. The Morgan fingerprint density at radius 3 is 2.46 bits per heavy atom. The molecule has 1 N–H and O–H groups in total. The molecule has 138 valence electrons. The number of nitrogens with zero attached hydrogens (tertiary/aromatic N) is 1. The van der Waals surface area contributed by atoms with E-state index in [-0.39, 0.29) is 17.7 Å². The number of aryl methyl sites for hydroxylation is 1. The maximum Gasteiger partial charge on any atom is 0.306 e. The Bertz CT molecular complexity index is 756.